The monoisotopic (exact) mass is 673 g/mol. The Morgan fingerprint density at radius 3 is 1.69 bits per heavy atom. The van der Waals surface area contributed by atoms with Crippen molar-refractivity contribution in [2.75, 3.05) is 4.90 Å². The first-order valence-corrected chi connectivity index (χ1v) is 19.1. The van der Waals surface area contributed by atoms with Crippen LogP contribution in [0.1, 0.15) is 85.4 Å². The van der Waals surface area contributed by atoms with Gasteiger partial charge in [0.05, 0.1) is 0 Å². The van der Waals surface area contributed by atoms with Gasteiger partial charge in [0.25, 0.3) is 0 Å². The van der Waals surface area contributed by atoms with E-state index in [4.69, 9.17) is 0 Å². The third-order valence-corrected chi connectivity index (χ3v) is 12.1. The lowest BCUT2D eigenvalue weighted by Crippen LogP contribution is -2.19. The van der Waals surface area contributed by atoms with E-state index in [2.05, 4.69) is 190 Å². The molecular weight excluding hydrogens is 627 g/mol. The van der Waals surface area contributed by atoms with E-state index in [9.17, 15) is 0 Å². The first kappa shape index (κ1) is 32.5. The molecule has 0 radical (unpaired) electrons. The predicted octanol–water partition coefficient (Wildman–Crippen LogP) is 13.2. The molecule has 6 aromatic rings. The summed E-state index contributed by atoms with van der Waals surface area (Å²) >= 11 is 0. The maximum Gasteiger partial charge on any atom is 0.0464 e. The minimum atomic E-state index is -0.123. The lowest BCUT2D eigenvalue weighted by molar-refractivity contribution is 0.648. The fourth-order valence-corrected chi connectivity index (χ4v) is 9.27. The highest BCUT2D eigenvalue weighted by molar-refractivity contribution is 5.91. The van der Waals surface area contributed by atoms with E-state index in [1.807, 2.05) is 0 Å². The van der Waals surface area contributed by atoms with E-state index in [1.54, 1.807) is 0 Å². The number of para-hydroxylation sites is 1. The SMILES string of the molecule is CC1(C)c2cc(CC(Cc3ccccc3)c3ccccc3)ccc2-c2cc3c(cc21)-c1ccc(N(C2=CCCC=C2)c2ccccc2)cc1C3(C)C. The van der Waals surface area contributed by atoms with Crippen molar-refractivity contribution in [1.82, 2.24) is 0 Å². The van der Waals surface area contributed by atoms with Crippen LogP contribution in [0.15, 0.2) is 163 Å². The standard InChI is InChI=1S/C51H47N/c1-50(2)46-31-36(30-38(37-19-11-6-12-20-37)29-35-17-9-5-10-18-35)25-27-42(46)44-33-49-45(34-48(44)50)43-28-26-41(32-47(43)51(49,3)4)52(39-21-13-7-14-22-39)40-23-15-8-16-24-40/h5-7,9-15,17-28,31-34,38H,8,16,29-30H2,1-4H3. The van der Waals surface area contributed by atoms with Crippen molar-refractivity contribution in [2.45, 2.75) is 70.1 Å². The van der Waals surface area contributed by atoms with Gasteiger partial charge in [-0.3, -0.25) is 0 Å². The summed E-state index contributed by atoms with van der Waals surface area (Å²) in [5.41, 5.74) is 19.0. The van der Waals surface area contributed by atoms with E-state index in [0.717, 1.165) is 25.7 Å². The lowest BCUT2D eigenvalue weighted by Gasteiger charge is -2.29. The van der Waals surface area contributed by atoms with Gasteiger partial charge < -0.3 is 4.90 Å². The Morgan fingerprint density at radius 1 is 0.500 bits per heavy atom. The number of rotatable bonds is 8. The number of anilines is 2. The van der Waals surface area contributed by atoms with Gasteiger partial charge in [-0.15, -0.1) is 0 Å². The average molecular weight is 674 g/mol. The molecule has 0 heterocycles. The molecule has 0 aromatic heterocycles. The molecule has 0 aliphatic heterocycles. The van der Waals surface area contributed by atoms with Crippen LogP contribution < -0.4 is 4.90 Å². The second-order valence-corrected chi connectivity index (χ2v) is 16.1. The summed E-state index contributed by atoms with van der Waals surface area (Å²) in [5, 5.41) is 0. The predicted molar refractivity (Wildman–Crippen MR) is 220 cm³/mol. The van der Waals surface area contributed by atoms with Gasteiger partial charge in [-0.05, 0) is 135 Å². The number of fused-ring (bicyclic) bond motifs is 6. The zero-order valence-corrected chi connectivity index (χ0v) is 30.9. The Labute approximate surface area is 310 Å². The Balaban J connectivity index is 1.08. The normalized spacial score (nSPS) is 16.3. The van der Waals surface area contributed by atoms with Gasteiger partial charge in [0.15, 0.2) is 0 Å². The van der Waals surface area contributed by atoms with E-state index < -0.39 is 0 Å². The largest absolute Gasteiger partial charge is 0.311 e. The molecule has 1 heteroatoms. The van der Waals surface area contributed by atoms with E-state index in [1.165, 1.54) is 78.3 Å². The summed E-state index contributed by atoms with van der Waals surface area (Å²) in [7, 11) is 0. The second-order valence-electron chi connectivity index (χ2n) is 16.1. The van der Waals surface area contributed by atoms with Crippen LogP contribution in [-0.4, -0.2) is 0 Å². The van der Waals surface area contributed by atoms with Crippen LogP contribution >= 0.6 is 0 Å². The summed E-state index contributed by atoms with van der Waals surface area (Å²) in [6.45, 7) is 9.70. The highest BCUT2D eigenvalue weighted by atomic mass is 15.1. The van der Waals surface area contributed by atoms with Crippen LogP contribution in [0, 0.1) is 0 Å². The van der Waals surface area contributed by atoms with Gasteiger partial charge in [0, 0.05) is 27.9 Å². The van der Waals surface area contributed by atoms with Crippen molar-refractivity contribution in [3.05, 3.63) is 202 Å². The van der Waals surface area contributed by atoms with Gasteiger partial charge in [0.2, 0.25) is 0 Å². The molecule has 3 aliphatic carbocycles. The molecule has 0 N–H and O–H groups in total. The van der Waals surface area contributed by atoms with Crippen molar-refractivity contribution >= 4 is 11.4 Å². The maximum absolute atomic E-state index is 2.54. The van der Waals surface area contributed by atoms with Crippen LogP contribution in [-0.2, 0) is 23.7 Å². The highest BCUT2D eigenvalue weighted by Gasteiger charge is 2.42. The molecule has 1 atom stereocenters. The van der Waals surface area contributed by atoms with Crippen molar-refractivity contribution in [3.8, 4) is 22.3 Å². The third-order valence-electron chi connectivity index (χ3n) is 12.1. The zero-order chi connectivity index (χ0) is 35.5. The van der Waals surface area contributed by atoms with Crippen LogP contribution in [0.5, 0.6) is 0 Å². The smallest absolute Gasteiger partial charge is 0.0464 e. The van der Waals surface area contributed by atoms with Crippen LogP contribution in [0.2, 0.25) is 0 Å². The molecule has 1 nitrogen and oxygen atoms in total. The second kappa shape index (κ2) is 12.7. The molecule has 1 unspecified atom stereocenters. The van der Waals surface area contributed by atoms with Crippen LogP contribution in [0.3, 0.4) is 0 Å². The summed E-state index contributed by atoms with van der Waals surface area (Å²) in [4.78, 5) is 2.42. The first-order chi connectivity index (χ1) is 25.3. The zero-order valence-electron chi connectivity index (χ0n) is 30.9. The minimum absolute atomic E-state index is 0.0892. The summed E-state index contributed by atoms with van der Waals surface area (Å²) in [6.07, 6.45) is 11.2. The molecule has 0 spiro atoms. The molecule has 0 saturated carbocycles. The number of hydrogen-bond acceptors (Lipinski definition) is 1. The minimum Gasteiger partial charge on any atom is -0.311 e. The number of hydrogen-bond donors (Lipinski definition) is 0. The molecule has 3 aliphatic rings. The molecule has 52 heavy (non-hydrogen) atoms. The number of nitrogens with zero attached hydrogens (tertiary/aromatic N) is 1. The first-order valence-electron chi connectivity index (χ1n) is 19.1. The van der Waals surface area contributed by atoms with Crippen molar-refractivity contribution in [2.24, 2.45) is 0 Å². The van der Waals surface area contributed by atoms with Gasteiger partial charge >= 0.3 is 0 Å². The Bertz CT molecular complexity index is 2340. The Hall–Kier alpha value is -5.40. The Kier molecular flexibility index (Phi) is 7.92. The summed E-state index contributed by atoms with van der Waals surface area (Å²) in [5.74, 6) is 0.419. The molecule has 0 fully saturated rings. The van der Waals surface area contributed by atoms with E-state index >= 15 is 0 Å². The number of benzene rings is 6. The lowest BCUT2D eigenvalue weighted by atomic mass is 9.78. The molecule has 6 aromatic carbocycles. The van der Waals surface area contributed by atoms with Crippen LogP contribution in [0.4, 0.5) is 11.4 Å². The van der Waals surface area contributed by atoms with Crippen LogP contribution in [0.25, 0.3) is 22.3 Å². The maximum atomic E-state index is 2.54. The average Bonchev–Trinajstić information content (AvgIpc) is 3.54. The molecule has 0 amide bonds. The quantitative estimate of drug-likeness (QED) is 0.155. The molecule has 256 valence electrons. The van der Waals surface area contributed by atoms with E-state index in [0.29, 0.717) is 5.92 Å². The molecule has 9 rings (SSSR count). The van der Waals surface area contributed by atoms with Gasteiger partial charge in [-0.2, -0.15) is 0 Å². The fraction of sp³-hybridized carbons (Fsp3) is 0.216. The van der Waals surface area contributed by atoms with Crippen molar-refractivity contribution < 1.29 is 0 Å². The van der Waals surface area contributed by atoms with Gasteiger partial charge in [-0.1, -0.05) is 143 Å². The highest BCUT2D eigenvalue weighted by Crippen LogP contribution is 2.57. The fourth-order valence-electron chi connectivity index (χ4n) is 9.27. The topological polar surface area (TPSA) is 3.24 Å². The summed E-state index contributed by atoms with van der Waals surface area (Å²) in [6, 6.07) is 52.5. The summed E-state index contributed by atoms with van der Waals surface area (Å²) < 4.78 is 0. The third kappa shape index (κ3) is 5.46. The van der Waals surface area contributed by atoms with Crippen molar-refractivity contribution in [3.63, 3.8) is 0 Å². The van der Waals surface area contributed by atoms with Crippen molar-refractivity contribution in [1.29, 1.82) is 0 Å². The van der Waals surface area contributed by atoms with E-state index in [-0.39, 0.29) is 10.8 Å². The number of allylic oxidation sites excluding steroid dienone is 3. The molecular formula is C51H47N. The van der Waals surface area contributed by atoms with Gasteiger partial charge in [-0.25, -0.2) is 0 Å². The molecule has 0 bridgehead atoms. The van der Waals surface area contributed by atoms with Gasteiger partial charge in [0.1, 0.15) is 0 Å². The Morgan fingerprint density at radius 2 is 1.06 bits per heavy atom. The molecule has 0 saturated heterocycles.